The highest BCUT2D eigenvalue weighted by Crippen LogP contribution is 2.19. The second-order valence-electron chi connectivity index (χ2n) is 7.35. The minimum absolute atomic E-state index is 0.100. The van der Waals surface area contributed by atoms with Crippen molar-refractivity contribution in [1.82, 2.24) is 15.6 Å². The van der Waals surface area contributed by atoms with Crippen LogP contribution in [0, 0.1) is 0 Å². The Morgan fingerprint density at radius 2 is 1.92 bits per heavy atom. The first-order chi connectivity index (χ1) is 12.2. The van der Waals surface area contributed by atoms with E-state index in [-0.39, 0.29) is 11.9 Å². The summed E-state index contributed by atoms with van der Waals surface area (Å²) in [5.41, 5.74) is 1.31. The SMILES string of the molecule is C[C@H](CS)NC(=O)[C@H](Cc1c[nH]c2ccccc12)NC(=O)OC(C)(C)C. The first-order valence-electron chi connectivity index (χ1n) is 8.65. The number of carbonyl (C=O) groups excluding carboxylic acids is 2. The van der Waals surface area contributed by atoms with Crippen molar-refractivity contribution in [2.75, 3.05) is 5.75 Å². The molecule has 0 aliphatic rings. The van der Waals surface area contributed by atoms with Gasteiger partial charge in [-0.2, -0.15) is 12.6 Å². The number of alkyl carbamates (subject to hydrolysis) is 1. The largest absolute Gasteiger partial charge is 0.444 e. The van der Waals surface area contributed by atoms with Gasteiger partial charge in [-0.3, -0.25) is 4.79 Å². The molecule has 7 heteroatoms. The zero-order chi connectivity index (χ0) is 19.3. The number of aromatic nitrogens is 1. The third-order valence-electron chi connectivity index (χ3n) is 3.77. The molecule has 0 aliphatic carbocycles. The maximum Gasteiger partial charge on any atom is 0.408 e. The Hall–Kier alpha value is -2.15. The second kappa shape index (κ2) is 8.49. The number of amides is 2. The van der Waals surface area contributed by atoms with Crippen molar-refractivity contribution in [2.45, 2.75) is 51.8 Å². The molecule has 6 nitrogen and oxygen atoms in total. The number of para-hydroxylation sites is 1. The van der Waals surface area contributed by atoms with Crippen LogP contribution in [0.25, 0.3) is 10.9 Å². The normalized spacial score (nSPS) is 13.9. The summed E-state index contributed by atoms with van der Waals surface area (Å²) in [7, 11) is 0. The summed E-state index contributed by atoms with van der Waals surface area (Å²) in [5.74, 6) is 0.250. The maximum atomic E-state index is 12.7. The van der Waals surface area contributed by atoms with E-state index < -0.39 is 17.7 Å². The monoisotopic (exact) mass is 377 g/mol. The van der Waals surface area contributed by atoms with E-state index in [1.807, 2.05) is 37.4 Å². The number of rotatable bonds is 6. The van der Waals surface area contributed by atoms with Crippen LogP contribution in [-0.2, 0) is 16.0 Å². The van der Waals surface area contributed by atoms with Crippen LogP contribution in [-0.4, -0.2) is 40.4 Å². The minimum atomic E-state index is -0.744. The molecule has 0 aliphatic heterocycles. The van der Waals surface area contributed by atoms with E-state index in [0.717, 1.165) is 16.5 Å². The average Bonchev–Trinajstić information content (AvgIpc) is 2.95. The summed E-state index contributed by atoms with van der Waals surface area (Å²) in [4.78, 5) is 28.0. The molecule has 1 aromatic carbocycles. The minimum Gasteiger partial charge on any atom is -0.444 e. The number of H-pyrrole nitrogens is 1. The molecule has 0 spiro atoms. The summed E-state index contributed by atoms with van der Waals surface area (Å²) in [5, 5.41) is 6.58. The number of hydrogen-bond acceptors (Lipinski definition) is 4. The zero-order valence-corrected chi connectivity index (χ0v) is 16.5. The summed E-state index contributed by atoms with van der Waals surface area (Å²) in [6, 6.07) is 7.00. The maximum absolute atomic E-state index is 12.7. The fourth-order valence-corrected chi connectivity index (χ4v) is 2.66. The molecule has 0 saturated carbocycles. The van der Waals surface area contributed by atoms with E-state index >= 15 is 0 Å². The molecule has 2 rings (SSSR count). The number of ether oxygens (including phenoxy) is 1. The first kappa shape index (κ1) is 20.2. The van der Waals surface area contributed by atoms with E-state index in [2.05, 4.69) is 28.2 Å². The quantitative estimate of drug-likeness (QED) is 0.584. The Balaban J connectivity index is 2.19. The van der Waals surface area contributed by atoms with Crippen molar-refractivity contribution in [3.63, 3.8) is 0 Å². The van der Waals surface area contributed by atoms with Gasteiger partial charge in [0.15, 0.2) is 0 Å². The van der Waals surface area contributed by atoms with Crippen LogP contribution in [0.4, 0.5) is 4.79 Å². The fourth-order valence-electron chi connectivity index (χ4n) is 2.57. The number of thiol groups is 1. The van der Waals surface area contributed by atoms with E-state index in [1.54, 1.807) is 20.8 Å². The number of aromatic amines is 1. The summed E-state index contributed by atoms with van der Waals surface area (Å²) >= 11 is 4.19. The fraction of sp³-hybridized carbons (Fsp3) is 0.474. The number of benzene rings is 1. The van der Waals surface area contributed by atoms with Crippen molar-refractivity contribution in [3.05, 3.63) is 36.0 Å². The van der Waals surface area contributed by atoms with E-state index in [0.29, 0.717) is 12.2 Å². The van der Waals surface area contributed by atoms with Gasteiger partial charge in [0.2, 0.25) is 5.91 Å². The molecule has 142 valence electrons. The van der Waals surface area contributed by atoms with Crippen molar-refractivity contribution in [3.8, 4) is 0 Å². The van der Waals surface area contributed by atoms with Gasteiger partial charge < -0.3 is 20.4 Å². The molecule has 2 amide bonds. The van der Waals surface area contributed by atoms with Gasteiger partial charge in [0.05, 0.1) is 0 Å². The lowest BCUT2D eigenvalue weighted by Gasteiger charge is -2.24. The van der Waals surface area contributed by atoms with Crippen molar-refractivity contribution >= 4 is 35.5 Å². The van der Waals surface area contributed by atoms with Gasteiger partial charge in [0.25, 0.3) is 0 Å². The van der Waals surface area contributed by atoms with Crippen LogP contribution in [0.5, 0.6) is 0 Å². The van der Waals surface area contributed by atoms with Gasteiger partial charge >= 0.3 is 6.09 Å². The molecule has 0 fully saturated rings. The molecule has 0 unspecified atom stereocenters. The molecule has 26 heavy (non-hydrogen) atoms. The second-order valence-corrected chi connectivity index (χ2v) is 7.72. The van der Waals surface area contributed by atoms with Crippen LogP contribution < -0.4 is 10.6 Å². The molecule has 1 aromatic heterocycles. The number of fused-ring (bicyclic) bond motifs is 1. The average molecular weight is 378 g/mol. The standard InChI is InChI=1S/C19H27N3O3S/c1-12(11-26)21-17(23)16(22-18(24)25-19(2,3)4)9-13-10-20-15-8-6-5-7-14(13)15/h5-8,10,12,16,20,26H,9,11H2,1-4H3,(H,21,23)(H,22,24)/t12-,16+/m1/s1. The lowest BCUT2D eigenvalue weighted by molar-refractivity contribution is -0.123. The lowest BCUT2D eigenvalue weighted by atomic mass is 10.0. The molecule has 0 saturated heterocycles. The number of hydrogen-bond donors (Lipinski definition) is 4. The Labute approximate surface area is 159 Å². The molecule has 1 heterocycles. The summed E-state index contributed by atoms with van der Waals surface area (Å²) in [6.07, 6.45) is 1.61. The zero-order valence-electron chi connectivity index (χ0n) is 15.6. The lowest BCUT2D eigenvalue weighted by Crippen LogP contribution is -2.51. The number of carbonyl (C=O) groups is 2. The van der Waals surface area contributed by atoms with Gasteiger partial charge in [-0.05, 0) is 39.3 Å². The topological polar surface area (TPSA) is 83.2 Å². The molecule has 0 bridgehead atoms. The highest BCUT2D eigenvalue weighted by molar-refractivity contribution is 7.80. The molecule has 3 N–H and O–H groups in total. The van der Waals surface area contributed by atoms with Crippen molar-refractivity contribution in [2.24, 2.45) is 0 Å². The predicted molar refractivity (Wildman–Crippen MR) is 107 cm³/mol. The number of nitrogens with one attached hydrogen (secondary N) is 3. The Kier molecular flexibility index (Phi) is 6.58. The first-order valence-corrected chi connectivity index (χ1v) is 9.28. The summed E-state index contributed by atoms with van der Waals surface area (Å²) in [6.45, 7) is 7.21. The Bertz CT molecular complexity index is 767. The third-order valence-corrected chi connectivity index (χ3v) is 4.32. The molecule has 2 aromatic rings. The van der Waals surface area contributed by atoms with Crippen LogP contribution in [0.3, 0.4) is 0 Å². The Morgan fingerprint density at radius 1 is 1.23 bits per heavy atom. The molecule has 2 atom stereocenters. The van der Waals surface area contributed by atoms with Gasteiger partial charge in [-0.25, -0.2) is 4.79 Å². The van der Waals surface area contributed by atoms with Gasteiger partial charge in [0, 0.05) is 35.3 Å². The van der Waals surface area contributed by atoms with Crippen LogP contribution in [0.15, 0.2) is 30.5 Å². The predicted octanol–water partition coefficient (Wildman–Crippen LogP) is 3.04. The smallest absolute Gasteiger partial charge is 0.408 e. The van der Waals surface area contributed by atoms with E-state index in [1.165, 1.54) is 0 Å². The van der Waals surface area contributed by atoms with Crippen LogP contribution in [0.2, 0.25) is 0 Å². The molecule has 0 radical (unpaired) electrons. The summed E-state index contributed by atoms with van der Waals surface area (Å²) < 4.78 is 5.30. The van der Waals surface area contributed by atoms with Crippen molar-refractivity contribution in [1.29, 1.82) is 0 Å². The highest BCUT2D eigenvalue weighted by Gasteiger charge is 2.26. The third kappa shape index (κ3) is 5.69. The van der Waals surface area contributed by atoms with E-state index in [9.17, 15) is 9.59 Å². The van der Waals surface area contributed by atoms with Gasteiger partial charge in [-0.1, -0.05) is 18.2 Å². The van der Waals surface area contributed by atoms with Crippen molar-refractivity contribution < 1.29 is 14.3 Å². The molecular formula is C19H27N3O3S. The van der Waals surface area contributed by atoms with Crippen LogP contribution >= 0.6 is 12.6 Å². The van der Waals surface area contributed by atoms with E-state index in [4.69, 9.17) is 4.74 Å². The van der Waals surface area contributed by atoms with Gasteiger partial charge in [0.1, 0.15) is 11.6 Å². The molecular weight excluding hydrogens is 350 g/mol. The Morgan fingerprint density at radius 3 is 2.58 bits per heavy atom. The highest BCUT2D eigenvalue weighted by atomic mass is 32.1. The van der Waals surface area contributed by atoms with Gasteiger partial charge in [-0.15, -0.1) is 0 Å². The van der Waals surface area contributed by atoms with Crippen LogP contribution in [0.1, 0.15) is 33.3 Å².